The Balaban J connectivity index is 2.60. The summed E-state index contributed by atoms with van der Waals surface area (Å²) >= 11 is 0. The molecule has 0 saturated carbocycles. The van der Waals surface area contributed by atoms with E-state index in [4.69, 9.17) is 22.9 Å². The number of rotatable bonds is 35. The largest absolute Gasteiger partial charge is 0.508 e. The van der Waals surface area contributed by atoms with Crippen LogP contribution in [0.5, 0.6) is 5.75 Å². The summed E-state index contributed by atoms with van der Waals surface area (Å²) in [6, 6.07) is 0.145. The lowest BCUT2D eigenvalue weighted by molar-refractivity contribution is -0.143. The minimum atomic E-state index is -1.70. The number of aliphatic carboxylic acids is 3. The van der Waals surface area contributed by atoms with Gasteiger partial charge in [-0.2, -0.15) is 0 Å². The number of nitrogens with one attached hydrogen (secondary N) is 8. The van der Waals surface area contributed by atoms with Crippen molar-refractivity contribution in [3.8, 4) is 5.75 Å². The number of phenolic OH excluding ortho intramolecular Hbond substituents is 1. The highest BCUT2D eigenvalue weighted by atomic mass is 16.4. The molecule has 0 spiro atoms. The molecule has 434 valence electrons. The molecule has 0 bridgehead atoms. The summed E-state index contributed by atoms with van der Waals surface area (Å²) in [5.41, 5.74) is 22.7. The standard InChI is InChI=1S/C50H73N13O16/c1-25(2)40(49(78)79)63-46(75)32(16-19-37(52)65)60-44(73)31(11-8-22-55-50(53)54)59-47(76)36(24-29-12-14-30(64)15-13-29)62-48(77)35(23-28-9-6-5-7-10-28)61-45(74)34(18-21-39(68)69)58-42(71)27(4)56-43(72)33(17-20-38(66)67)57-41(70)26(3)51/h5-7,9-10,12-15,25-27,31-36,40,64H,8,11,16-24,51H2,1-4H3,(H2,52,65)(H,56,72)(H,57,70)(H,58,71)(H,59,76)(H,60,73)(H,61,74)(H,62,77)(H,63,75)(H,66,67)(H,68,69)(H,78,79)(H4,53,54,55)/t26-,27-,31-,32-,33-,34-,35-,36-,40-/m0/s1. The summed E-state index contributed by atoms with van der Waals surface area (Å²) in [5, 5.41) is 58.0. The third-order valence-corrected chi connectivity index (χ3v) is 11.8. The number of carboxylic acid groups (broad SMARTS) is 3. The zero-order valence-electron chi connectivity index (χ0n) is 44.2. The number of aromatic hydroxyl groups is 1. The Labute approximate surface area is 454 Å². The van der Waals surface area contributed by atoms with Crippen LogP contribution < -0.4 is 65.5 Å². The van der Waals surface area contributed by atoms with Crippen molar-refractivity contribution in [1.29, 1.82) is 0 Å². The number of amides is 9. The first-order valence-corrected chi connectivity index (χ1v) is 25.1. The topological polar surface area (TPSA) is 498 Å². The van der Waals surface area contributed by atoms with Gasteiger partial charge in [0.25, 0.3) is 0 Å². The fourth-order valence-corrected chi connectivity index (χ4v) is 7.37. The maximum absolute atomic E-state index is 14.6. The number of carbonyl (C=O) groups excluding carboxylic acids is 9. The molecular formula is C50H73N13O16. The molecule has 0 aliphatic carbocycles. The second-order valence-electron chi connectivity index (χ2n) is 18.8. The summed E-state index contributed by atoms with van der Waals surface area (Å²) in [4.78, 5) is 161. The number of guanidine groups is 1. The summed E-state index contributed by atoms with van der Waals surface area (Å²) in [6.07, 6.45) is -3.79. The zero-order valence-corrected chi connectivity index (χ0v) is 44.2. The molecule has 79 heavy (non-hydrogen) atoms. The van der Waals surface area contributed by atoms with Crippen molar-refractivity contribution in [1.82, 2.24) is 42.5 Å². The third-order valence-electron chi connectivity index (χ3n) is 11.8. The molecule has 0 radical (unpaired) electrons. The van der Waals surface area contributed by atoms with Gasteiger partial charge in [-0.25, -0.2) is 4.79 Å². The minimum Gasteiger partial charge on any atom is -0.508 e. The van der Waals surface area contributed by atoms with Crippen molar-refractivity contribution in [3.05, 3.63) is 65.7 Å². The first kappa shape index (κ1) is 66.2. The van der Waals surface area contributed by atoms with Gasteiger partial charge in [-0.1, -0.05) is 56.3 Å². The fraction of sp³-hybridized carbons (Fsp3) is 0.500. The van der Waals surface area contributed by atoms with E-state index in [1.165, 1.54) is 52.0 Å². The van der Waals surface area contributed by atoms with E-state index in [2.05, 4.69) is 47.5 Å². The van der Waals surface area contributed by atoms with Crippen LogP contribution in [0.2, 0.25) is 0 Å². The maximum Gasteiger partial charge on any atom is 0.326 e. The van der Waals surface area contributed by atoms with Crippen LogP contribution in [-0.2, 0) is 70.4 Å². The predicted octanol–water partition coefficient (Wildman–Crippen LogP) is -3.79. The predicted molar refractivity (Wildman–Crippen MR) is 281 cm³/mol. The summed E-state index contributed by atoms with van der Waals surface area (Å²) in [7, 11) is 0. The van der Waals surface area contributed by atoms with Crippen LogP contribution in [0.15, 0.2) is 59.6 Å². The lowest BCUT2D eigenvalue weighted by atomic mass is 10.0. The first-order chi connectivity index (χ1) is 37.1. The molecule has 0 unspecified atom stereocenters. The molecule has 0 aliphatic rings. The summed E-state index contributed by atoms with van der Waals surface area (Å²) < 4.78 is 0. The van der Waals surface area contributed by atoms with Gasteiger partial charge in [-0.15, -0.1) is 0 Å². The first-order valence-electron chi connectivity index (χ1n) is 25.1. The van der Waals surface area contributed by atoms with Gasteiger partial charge in [0.15, 0.2) is 5.96 Å². The molecule has 29 nitrogen and oxygen atoms in total. The highest BCUT2D eigenvalue weighted by Gasteiger charge is 2.35. The number of primary amides is 1. The van der Waals surface area contributed by atoms with Crippen LogP contribution in [0.25, 0.3) is 0 Å². The highest BCUT2D eigenvalue weighted by Crippen LogP contribution is 2.14. The van der Waals surface area contributed by atoms with Crippen molar-refractivity contribution >= 4 is 77.0 Å². The maximum atomic E-state index is 14.6. The van der Waals surface area contributed by atoms with Crippen LogP contribution >= 0.6 is 0 Å². The number of nitrogens with two attached hydrogens (primary N) is 4. The molecule has 0 heterocycles. The highest BCUT2D eigenvalue weighted by molar-refractivity contribution is 5.98. The van der Waals surface area contributed by atoms with E-state index in [-0.39, 0.29) is 50.4 Å². The molecule has 0 saturated heterocycles. The van der Waals surface area contributed by atoms with Gasteiger partial charge in [-0.3, -0.25) is 57.7 Å². The normalized spacial score (nSPS) is 14.3. The van der Waals surface area contributed by atoms with Crippen LogP contribution in [0.3, 0.4) is 0 Å². The Morgan fingerprint density at radius 1 is 0.481 bits per heavy atom. The van der Waals surface area contributed by atoms with E-state index in [0.29, 0.717) is 11.1 Å². The van der Waals surface area contributed by atoms with Gasteiger partial charge in [-0.05, 0) is 75.1 Å². The van der Waals surface area contributed by atoms with Gasteiger partial charge in [0.2, 0.25) is 53.2 Å². The quantitative estimate of drug-likeness (QED) is 0.0179. The molecule has 20 N–H and O–H groups in total. The van der Waals surface area contributed by atoms with Crippen molar-refractivity contribution in [2.24, 2.45) is 33.8 Å². The molecule has 9 amide bonds. The van der Waals surface area contributed by atoms with Crippen molar-refractivity contribution < 1.29 is 78.0 Å². The van der Waals surface area contributed by atoms with Crippen LogP contribution in [-0.4, -0.2) is 158 Å². The third kappa shape index (κ3) is 25.2. The molecule has 2 aromatic rings. The summed E-state index contributed by atoms with van der Waals surface area (Å²) in [6.45, 7) is 5.50. The molecule has 0 aromatic heterocycles. The average Bonchev–Trinajstić information content (AvgIpc) is 3.37. The van der Waals surface area contributed by atoms with Crippen molar-refractivity contribution in [2.45, 2.75) is 146 Å². The number of carboxylic acids is 3. The number of phenols is 1. The van der Waals surface area contributed by atoms with Gasteiger partial charge >= 0.3 is 17.9 Å². The lowest BCUT2D eigenvalue weighted by Gasteiger charge is -2.28. The Bertz CT molecular complexity index is 2490. The summed E-state index contributed by atoms with van der Waals surface area (Å²) in [5.74, 6) is -13.9. The van der Waals surface area contributed by atoms with E-state index in [1.54, 1.807) is 30.3 Å². The van der Waals surface area contributed by atoms with Crippen molar-refractivity contribution in [3.63, 3.8) is 0 Å². The zero-order chi connectivity index (χ0) is 59.5. The fourth-order valence-electron chi connectivity index (χ4n) is 7.37. The number of hydrogen-bond acceptors (Lipinski definition) is 15. The SMILES string of the molecule is CC(C)[C@H](NC(=O)[C@H](CCC(N)=O)NC(=O)[C@H](CCCN=C(N)N)NC(=O)[C@H](Cc1ccc(O)cc1)NC(=O)[C@H](Cc1ccccc1)NC(=O)[C@H](CCC(=O)O)NC(=O)[C@H](C)NC(=O)[C@H](CCC(=O)O)NC(=O)[C@H](C)N)C(=O)O. The lowest BCUT2D eigenvalue weighted by Crippen LogP contribution is -2.61. The van der Waals surface area contributed by atoms with Crippen molar-refractivity contribution in [2.75, 3.05) is 6.54 Å². The van der Waals surface area contributed by atoms with Gasteiger partial charge in [0.1, 0.15) is 54.1 Å². The molecule has 0 fully saturated rings. The molecule has 2 aromatic carbocycles. The van der Waals surface area contributed by atoms with E-state index < -0.39 is 163 Å². The van der Waals surface area contributed by atoms with Gasteiger partial charge in [0.05, 0.1) is 6.04 Å². The molecule has 9 atom stereocenters. The Hall–Kier alpha value is -8.89. The number of nitrogens with zero attached hydrogens (tertiary/aromatic N) is 1. The van der Waals surface area contributed by atoms with E-state index in [0.717, 1.165) is 0 Å². The minimum absolute atomic E-state index is 0.0351. The van der Waals surface area contributed by atoms with E-state index >= 15 is 0 Å². The number of hydrogen-bond donors (Lipinski definition) is 16. The second kappa shape index (κ2) is 33.3. The Morgan fingerprint density at radius 3 is 1.30 bits per heavy atom. The number of carbonyl (C=O) groups is 12. The molecule has 2 rings (SSSR count). The molecule has 29 heteroatoms. The monoisotopic (exact) mass is 1110 g/mol. The van der Waals surface area contributed by atoms with Crippen LogP contribution in [0.1, 0.15) is 90.2 Å². The van der Waals surface area contributed by atoms with Crippen LogP contribution in [0, 0.1) is 5.92 Å². The van der Waals surface area contributed by atoms with Gasteiger partial charge < -0.3 is 85.9 Å². The average molecular weight is 1110 g/mol. The number of benzene rings is 2. The second-order valence-corrected chi connectivity index (χ2v) is 18.8. The molecular weight excluding hydrogens is 1040 g/mol. The smallest absolute Gasteiger partial charge is 0.326 e. The van der Waals surface area contributed by atoms with E-state index in [9.17, 15) is 78.0 Å². The number of aliphatic imine (C=N–C) groups is 1. The molecule has 0 aliphatic heterocycles. The van der Waals surface area contributed by atoms with E-state index in [1.807, 2.05) is 0 Å². The van der Waals surface area contributed by atoms with Crippen LogP contribution in [0.4, 0.5) is 0 Å². The van der Waals surface area contributed by atoms with Gasteiger partial charge in [0, 0.05) is 38.6 Å². The Kier molecular flexibility index (Phi) is 27.9. The Morgan fingerprint density at radius 2 is 0.873 bits per heavy atom.